The maximum Gasteiger partial charge on any atom is 0.127 e. The zero-order chi connectivity index (χ0) is 13.4. The summed E-state index contributed by atoms with van der Waals surface area (Å²) in [5, 5.41) is 10.5. The van der Waals surface area contributed by atoms with Crippen LogP contribution in [0.4, 0.5) is 0 Å². The molecule has 2 atom stereocenters. The lowest BCUT2D eigenvalue weighted by Gasteiger charge is -2.18. The van der Waals surface area contributed by atoms with Crippen LogP contribution in [0.25, 0.3) is 0 Å². The zero-order valence-corrected chi connectivity index (χ0v) is 11.5. The van der Waals surface area contributed by atoms with E-state index >= 15 is 0 Å². The molecule has 19 heavy (non-hydrogen) atoms. The van der Waals surface area contributed by atoms with Crippen LogP contribution >= 0.6 is 0 Å². The summed E-state index contributed by atoms with van der Waals surface area (Å²) in [4.78, 5) is 11.3. The minimum Gasteiger partial charge on any atom is -0.507 e. The number of phenolic OH excluding ortho intramolecular Hbond substituents is 1. The Morgan fingerprint density at radius 3 is 2.53 bits per heavy atom. The third kappa shape index (κ3) is 2.68. The van der Waals surface area contributed by atoms with Gasteiger partial charge in [0.25, 0.3) is 0 Å². The van der Waals surface area contributed by atoms with Gasteiger partial charge in [0.1, 0.15) is 12.0 Å². The summed E-state index contributed by atoms with van der Waals surface area (Å²) < 4.78 is 0. The Morgan fingerprint density at radius 1 is 1.26 bits per heavy atom. The van der Waals surface area contributed by atoms with Gasteiger partial charge in [-0.3, -0.25) is 0 Å². The third-order valence-corrected chi connectivity index (χ3v) is 4.77. The van der Waals surface area contributed by atoms with Crippen LogP contribution in [0, 0.1) is 11.8 Å². The molecule has 1 N–H and O–H groups in total. The summed E-state index contributed by atoms with van der Waals surface area (Å²) >= 11 is 0. The number of para-hydroxylation sites is 1. The molecule has 0 radical (unpaired) electrons. The molecule has 2 aliphatic rings. The highest BCUT2D eigenvalue weighted by molar-refractivity contribution is 5.65. The fraction of sp³-hybridized carbons (Fsp3) is 0.588. The maximum atomic E-state index is 11.3. The summed E-state index contributed by atoms with van der Waals surface area (Å²) in [6.07, 6.45) is 6.93. The van der Waals surface area contributed by atoms with E-state index < -0.39 is 0 Å². The molecular weight excluding hydrogens is 236 g/mol. The Kier molecular flexibility index (Phi) is 3.34. The largest absolute Gasteiger partial charge is 0.507 e. The van der Waals surface area contributed by atoms with Gasteiger partial charge in [0.15, 0.2) is 0 Å². The lowest BCUT2D eigenvalue weighted by atomic mass is 9.88. The molecule has 1 aromatic carbocycles. The average molecular weight is 258 g/mol. The molecule has 3 rings (SSSR count). The molecule has 2 nitrogen and oxygen atoms in total. The van der Waals surface area contributed by atoms with E-state index in [2.05, 4.69) is 6.92 Å². The molecule has 0 bridgehead atoms. The second-order valence-corrected chi connectivity index (χ2v) is 6.33. The molecule has 0 spiro atoms. The van der Waals surface area contributed by atoms with Crippen molar-refractivity contribution < 1.29 is 9.90 Å². The van der Waals surface area contributed by atoms with Crippen LogP contribution in [-0.2, 0) is 4.79 Å². The SMILES string of the molecule is CC(c1cccc(C(C=O)CC2CC2)c1O)C1CC1. The summed E-state index contributed by atoms with van der Waals surface area (Å²) in [5.41, 5.74) is 1.87. The monoisotopic (exact) mass is 258 g/mol. The Balaban J connectivity index is 1.86. The molecule has 102 valence electrons. The lowest BCUT2D eigenvalue weighted by molar-refractivity contribution is -0.109. The van der Waals surface area contributed by atoms with Crippen LogP contribution in [0.15, 0.2) is 18.2 Å². The fourth-order valence-corrected chi connectivity index (χ4v) is 3.07. The Hall–Kier alpha value is -1.31. The number of hydrogen-bond acceptors (Lipinski definition) is 2. The molecule has 0 aromatic heterocycles. The highest BCUT2D eigenvalue weighted by Gasteiger charge is 2.32. The van der Waals surface area contributed by atoms with E-state index in [1.807, 2.05) is 18.2 Å². The van der Waals surface area contributed by atoms with Gasteiger partial charge in [-0.15, -0.1) is 0 Å². The topological polar surface area (TPSA) is 37.3 Å². The predicted octanol–water partition coefficient (Wildman–Crippen LogP) is 3.99. The number of hydrogen-bond donors (Lipinski definition) is 1. The van der Waals surface area contributed by atoms with Gasteiger partial charge in [0.2, 0.25) is 0 Å². The average Bonchev–Trinajstić information content (AvgIpc) is 3.29. The first-order valence-electron chi connectivity index (χ1n) is 7.47. The number of rotatable bonds is 6. The molecular formula is C17H22O2. The Labute approximate surface area is 114 Å². The highest BCUT2D eigenvalue weighted by Crippen LogP contribution is 2.47. The van der Waals surface area contributed by atoms with Crippen molar-refractivity contribution in [2.45, 2.75) is 50.9 Å². The molecule has 2 fully saturated rings. The van der Waals surface area contributed by atoms with Crippen molar-refractivity contribution in [3.8, 4) is 5.75 Å². The molecule has 0 aliphatic heterocycles. The summed E-state index contributed by atoms with van der Waals surface area (Å²) in [6, 6.07) is 5.92. The van der Waals surface area contributed by atoms with Crippen molar-refractivity contribution in [1.29, 1.82) is 0 Å². The first-order chi connectivity index (χ1) is 9.20. The standard InChI is InChI=1S/C17H22O2/c1-11(13-7-8-13)15-3-2-4-16(17(15)19)14(10-18)9-12-5-6-12/h2-4,10-14,19H,5-9H2,1H3. The minimum absolute atomic E-state index is 0.126. The van der Waals surface area contributed by atoms with Crippen molar-refractivity contribution >= 4 is 6.29 Å². The molecule has 2 heteroatoms. The van der Waals surface area contributed by atoms with Gasteiger partial charge in [0, 0.05) is 11.5 Å². The van der Waals surface area contributed by atoms with E-state index in [1.165, 1.54) is 25.7 Å². The van der Waals surface area contributed by atoms with Crippen molar-refractivity contribution in [3.05, 3.63) is 29.3 Å². The first kappa shape index (κ1) is 12.7. The van der Waals surface area contributed by atoms with Crippen LogP contribution in [0.2, 0.25) is 0 Å². The van der Waals surface area contributed by atoms with Crippen LogP contribution in [0.5, 0.6) is 5.75 Å². The van der Waals surface area contributed by atoms with Crippen LogP contribution in [0.3, 0.4) is 0 Å². The van der Waals surface area contributed by atoms with E-state index in [4.69, 9.17) is 0 Å². The van der Waals surface area contributed by atoms with Gasteiger partial charge in [-0.1, -0.05) is 38.0 Å². The van der Waals surface area contributed by atoms with Crippen molar-refractivity contribution in [1.82, 2.24) is 0 Å². The smallest absolute Gasteiger partial charge is 0.127 e. The van der Waals surface area contributed by atoms with E-state index in [9.17, 15) is 9.90 Å². The summed E-state index contributed by atoms with van der Waals surface area (Å²) in [5.74, 6) is 2.07. The van der Waals surface area contributed by atoms with Gasteiger partial charge in [-0.05, 0) is 42.6 Å². The number of carbonyl (C=O) groups excluding carboxylic acids is 1. The summed E-state index contributed by atoms with van der Waals surface area (Å²) in [7, 11) is 0. The maximum absolute atomic E-state index is 11.3. The Morgan fingerprint density at radius 2 is 1.95 bits per heavy atom. The van der Waals surface area contributed by atoms with E-state index in [1.54, 1.807) is 0 Å². The first-order valence-corrected chi connectivity index (χ1v) is 7.47. The third-order valence-electron chi connectivity index (χ3n) is 4.77. The van der Waals surface area contributed by atoms with Gasteiger partial charge in [-0.2, -0.15) is 0 Å². The number of phenols is 1. The second-order valence-electron chi connectivity index (χ2n) is 6.33. The van der Waals surface area contributed by atoms with E-state index in [-0.39, 0.29) is 5.92 Å². The van der Waals surface area contributed by atoms with Gasteiger partial charge in [0.05, 0.1) is 0 Å². The molecule has 2 aliphatic carbocycles. The van der Waals surface area contributed by atoms with Crippen molar-refractivity contribution in [2.75, 3.05) is 0 Å². The van der Waals surface area contributed by atoms with Crippen LogP contribution in [0.1, 0.15) is 62.0 Å². The van der Waals surface area contributed by atoms with Crippen LogP contribution < -0.4 is 0 Å². The number of aromatic hydroxyl groups is 1. The van der Waals surface area contributed by atoms with Gasteiger partial charge >= 0.3 is 0 Å². The quantitative estimate of drug-likeness (QED) is 0.783. The minimum atomic E-state index is -0.126. The zero-order valence-electron chi connectivity index (χ0n) is 11.5. The molecule has 0 heterocycles. The predicted molar refractivity (Wildman–Crippen MR) is 75.4 cm³/mol. The Bertz CT molecular complexity index is 472. The normalized spacial score (nSPS) is 21.9. The van der Waals surface area contributed by atoms with Crippen LogP contribution in [-0.4, -0.2) is 11.4 Å². The van der Waals surface area contributed by atoms with E-state index in [0.29, 0.717) is 17.6 Å². The fourth-order valence-electron chi connectivity index (χ4n) is 3.07. The number of carbonyl (C=O) groups is 1. The second kappa shape index (κ2) is 4.99. The molecule has 2 unspecified atom stereocenters. The van der Waals surface area contributed by atoms with Crippen molar-refractivity contribution in [3.63, 3.8) is 0 Å². The number of benzene rings is 1. The van der Waals surface area contributed by atoms with Gasteiger partial charge < -0.3 is 9.90 Å². The lowest BCUT2D eigenvalue weighted by Crippen LogP contribution is -2.05. The highest BCUT2D eigenvalue weighted by atomic mass is 16.3. The summed E-state index contributed by atoms with van der Waals surface area (Å²) in [6.45, 7) is 2.19. The van der Waals surface area contributed by atoms with Gasteiger partial charge in [-0.25, -0.2) is 0 Å². The molecule has 0 amide bonds. The molecule has 2 saturated carbocycles. The molecule has 0 saturated heterocycles. The number of aldehydes is 1. The molecule has 1 aromatic rings. The van der Waals surface area contributed by atoms with E-state index in [0.717, 1.165) is 29.8 Å². The van der Waals surface area contributed by atoms with Crippen molar-refractivity contribution in [2.24, 2.45) is 11.8 Å².